The zero-order chi connectivity index (χ0) is 34.3. The van der Waals surface area contributed by atoms with Crippen molar-refractivity contribution in [1.82, 2.24) is 15.6 Å². The topological polar surface area (TPSA) is 174 Å². The fourth-order valence-corrected chi connectivity index (χ4v) is 6.01. The molecule has 11 nitrogen and oxygen atoms in total. The molecule has 2 fully saturated rings. The van der Waals surface area contributed by atoms with Crippen LogP contribution in [0.1, 0.15) is 55.2 Å². The molecule has 1 heterocycles. The SMILES string of the molecule is O=C(NCCCCc1cc(Cl)c(COC2(c3cnccc3-c3ccccc3OC3CC3)CC2)cc1Cl)NCC(O)C(O)C(O)C(O)CO. The van der Waals surface area contributed by atoms with E-state index in [4.69, 9.17) is 37.8 Å². The van der Waals surface area contributed by atoms with Crippen LogP contribution in [-0.4, -0.2) is 86.8 Å². The highest BCUT2D eigenvalue weighted by Crippen LogP contribution is 2.53. The highest BCUT2D eigenvalue weighted by molar-refractivity contribution is 6.34. The minimum absolute atomic E-state index is 0.284. The monoisotopic (exact) mass is 703 g/mol. The van der Waals surface area contributed by atoms with Gasteiger partial charge in [0, 0.05) is 46.7 Å². The van der Waals surface area contributed by atoms with E-state index >= 15 is 0 Å². The third-order valence-corrected chi connectivity index (χ3v) is 9.39. The number of aromatic nitrogens is 1. The molecule has 260 valence electrons. The Morgan fingerprint density at radius 3 is 2.38 bits per heavy atom. The van der Waals surface area contributed by atoms with Gasteiger partial charge in [0.05, 0.1) is 31.0 Å². The normalized spacial score (nSPS) is 17.6. The lowest BCUT2D eigenvalue weighted by molar-refractivity contribution is -0.113. The van der Waals surface area contributed by atoms with Gasteiger partial charge < -0.3 is 45.6 Å². The number of nitrogens with zero attached hydrogens (tertiary/aromatic N) is 1. The van der Waals surface area contributed by atoms with Crippen molar-refractivity contribution in [1.29, 1.82) is 0 Å². The van der Waals surface area contributed by atoms with Crippen molar-refractivity contribution in [3.63, 3.8) is 0 Å². The Morgan fingerprint density at radius 2 is 1.65 bits per heavy atom. The number of para-hydroxylation sites is 1. The molecule has 2 aliphatic rings. The summed E-state index contributed by atoms with van der Waals surface area (Å²) in [6, 6.07) is 13.3. The maximum absolute atomic E-state index is 12.0. The molecule has 4 unspecified atom stereocenters. The van der Waals surface area contributed by atoms with E-state index in [1.54, 1.807) is 6.20 Å². The first-order valence-corrected chi connectivity index (χ1v) is 17.0. The minimum Gasteiger partial charge on any atom is -0.490 e. The summed E-state index contributed by atoms with van der Waals surface area (Å²) in [5.74, 6) is 0.873. The second-order valence-corrected chi connectivity index (χ2v) is 13.3. The Labute approximate surface area is 289 Å². The average Bonchev–Trinajstić information content (AvgIpc) is 4.04. The number of pyridine rings is 1. The first-order chi connectivity index (χ1) is 23.1. The van der Waals surface area contributed by atoms with Crippen molar-refractivity contribution in [3.05, 3.63) is 81.6 Å². The lowest BCUT2D eigenvalue weighted by atomic mass is 9.96. The average molecular weight is 705 g/mol. The molecule has 2 aromatic carbocycles. The van der Waals surface area contributed by atoms with E-state index in [0.717, 1.165) is 65.7 Å². The lowest BCUT2D eigenvalue weighted by Crippen LogP contribution is -2.50. The van der Waals surface area contributed by atoms with Crippen LogP contribution in [0, 0.1) is 0 Å². The molecule has 2 saturated carbocycles. The van der Waals surface area contributed by atoms with Crippen molar-refractivity contribution in [3.8, 4) is 16.9 Å². The van der Waals surface area contributed by atoms with Gasteiger partial charge in [-0.05, 0) is 85.9 Å². The van der Waals surface area contributed by atoms with Gasteiger partial charge in [-0.1, -0.05) is 41.4 Å². The van der Waals surface area contributed by atoms with Crippen LogP contribution in [-0.2, 0) is 23.4 Å². The van der Waals surface area contributed by atoms with Gasteiger partial charge in [0.1, 0.15) is 24.1 Å². The molecule has 7 N–H and O–H groups in total. The fraction of sp³-hybridized carbons (Fsp3) is 0.486. The van der Waals surface area contributed by atoms with E-state index in [2.05, 4.69) is 21.7 Å². The summed E-state index contributed by atoms with van der Waals surface area (Å²) in [6.07, 6.45) is 3.22. The van der Waals surface area contributed by atoms with Crippen LogP contribution in [0.4, 0.5) is 4.79 Å². The number of hydrogen-bond acceptors (Lipinski definition) is 9. The molecular formula is C35H43Cl2N3O8. The molecule has 4 atom stereocenters. The number of amides is 2. The van der Waals surface area contributed by atoms with Crippen LogP contribution in [0.25, 0.3) is 11.1 Å². The molecule has 13 heteroatoms. The van der Waals surface area contributed by atoms with Gasteiger partial charge in [-0.25, -0.2) is 4.79 Å². The van der Waals surface area contributed by atoms with Crippen LogP contribution in [0.5, 0.6) is 5.75 Å². The van der Waals surface area contributed by atoms with E-state index < -0.39 is 42.7 Å². The highest BCUT2D eigenvalue weighted by Gasteiger charge is 2.48. The van der Waals surface area contributed by atoms with Crippen molar-refractivity contribution in [2.45, 2.75) is 87.7 Å². The first kappa shape index (κ1) is 36.3. The second kappa shape index (κ2) is 16.6. The molecule has 3 aromatic rings. The first-order valence-electron chi connectivity index (χ1n) is 16.3. The summed E-state index contributed by atoms with van der Waals surface area (Å²) in [7, 11) is 0. The van der Waals surface area contributed by atoms with E-state index in [1.807, 2.05) is 42.6 Å². The number of carbonyl (C=O) groups excluding carboxylic acids is 1. The largest absolute Gasteiger partial charge is 0.490 e. The van der Waals surface area contributed by atoms with Crippen LogP contribution in [0.3, 0.4) is 0 Å². The third kappa shape index (κ3) is 9.36. The molecule has 48 heavy (non-hydrogen) atoms. The number of urea groups is 1. The maximum atomic E-state index is 12.0. The Kier molecular flexibility index (Phi) is 12.6. The predicted molar refractivity (Wildman–Crippen MR) is 181 cm³/mol. The molecule has 1 aromatic heterocycles. The highest BCUT2D eigenvalue weighted by atomic mass is 35.5. The Balaban J connectivity index is 1.09. The maximum Gasteiger partial charge on any atom is 0.314 e. The molecule has 0 radical (unpaired) electrons. The summed E-state index contributed by atoms with van der Waals surface area (Å²) in [5, 5.41) is 53.9. The number of aliphatic hydroxyl groups is 5. The van der Waals surface area contributed by atoms with Crippen LogP contribution in [0.2, 0.25) is 10.0 Å². The Hall–Kier alpha value is -3.00. The molecule has 0 bridgehead atoms. The van der Waals surface area contributed by atoms with Crippen LogP contribution >= 0.6 is 23.2 Å². The Bertz CT molecular complexity index is 1540. The van der Waals surface area contributed by atoms with Crippen LogP contribution < -0.4 is 15.4 Å². The molecular weight excluding hydrogens is 661 g/mol. The zero-order valence-corrected chi connectivity index (χ0v) is 28.0. The van der Waals surface area contributed by atoms with Crippen molar-refractivity contribution < 1.29 is 39.8 Å². The summed E-state index contributed by atoms with van der Waals surface area (Å²) in [6.45, 7) is -0.501. The second-order valence-electron chi connectivity index (χ2n) is 12.4. The number of ether oxygens (including phenoxy) is 2. The fourth-order valence-electron chi connectivity index (χ4n) is 5.49. The van der Waals surface area contributed by atoms with E-state index in [9.17, 15) is 25.2 Å². The molecule has 0 saturated heterocycles. The number of aryl methyl sites for hydroxylation is 1. The van der Waals surface area contributed by atoms with Gasteiger partial charge in [0.25, 0.3) is 0 Å². The Morgan fingerprint density at radius 1 is 0.938 bits per heavy atom. The number of carbonyl (C=O) groups is 1. The molecule has 0 aliphatic heterocycles. The van der Waals surface area contributed by atoms with Crippen molar-refractivity contribution in [2.75, 3.05) is 19.7 Å². The third-order valence-electron chi connectivity index (χ3n) is 8.69. The van der Waals surface area contributed by atoms with E-state index in [-0.39, 0.29) is 12.6 Å². The molecule has 2 amide bonds. The van der Waals surface area contributed by atoms with Gasteiger partial charge in [0.2, 0.25) is 0 Å². The van der Waals surface area contributed by atoms with Crippen molar-refractivity contribution >= 4 is 29.2 Å². The van der Waals surface area contributed by atoms with E-state index in [0.29, 0.717) is 36.0 Å². The van der Waals surface area contributed by atoms with Crippen LogP contribution in [0.15, 0.2) is 54.9 Å². The number of rotatable bonds is 18. The molecule has 5 rings (SSSR count). The summed E-state index contributed by atoms with van der Waals surface area (Å²) >= 11 is 13.3. The number of hydrogen-bond donors (Lipinski definition) is 7. The lowest BCUT2D eigenvalue weighted by Gasteiger charge is -2.25. The standard InChI is InChI=1S/C35H43Cl2N3O8/c36-27-16-22(28(37)15-21(27)5-3-4-13-39-34(46)40-18-29(42)32(44)33(45)30(43)19-41)20-47-35(11-12-35)26-17-38-14-10-24(26)25-6-1-2-7-31(25)48-23-8-9-23/h1-2,6-7,10,14-17,23,29-30,32-33,41-45H,3-5,8-9,11-13,18-20H2,(H2,39,40,46). The van der Waals surface area contributed by atoms with Gasteiger partial charge in [-0.3, -0.25) is 4.98 Å². The van der Waals surface area contributed by atoms with Gasteiger partial charge in [-0.15, -0.1) is 0 Å². The smallest absolute Gasteiger partial charge is 0.314 e. The molecule has 0 spiro atoms. The predicted octanol–water partition coefficient (Wildman–Crippen LogP) is 3.86. The molecule has 2 aliphatic carbocycles. The van der Waals surface area contributed by atoms with Gasteiger partial charge in [0.15, 0.2) is 0 Å². The number of aliphatic hydroxyl groups excluding tert-OH is 5. The quantitative estimate of drug-likeness (QED) is 0.0971. The zero-order valence-electron chi connectivity index (χ0n) is 26.5. The summed E-state index contributed by atoms with van der Waals surface area (Å²) in [4.78, 5) is 16.5. The summed E-state index contributed by atoms with van der Waals surface area (Å²) < 4.78 is 12.8. The number of benzene rings is 2. The van der Waals surface area contributed by atoms with Crippen molar-refractivity contribution in [2.24, 2.45) is 0 Å². The summed E-state index contributed by atoms with van der Waals surface area (Å²) in [5.41, 5.74) is 4.33. The van der Waals surface area contributed by atoms with Gasteiger partial charge in [-0.2, -0.15) is 0 Å². The number of halogens is 2. The van der Waals surface area contributed by atoms with Gasteiger partial charge >= 0.3 is 6.03 Å². The van der Waals surface area contributed by atoms with E-state index in [1.165, 1.54) is 0 Å². The number of unbranched alkanes of at least 4 members (excludes halogenated alkanes) is 1. The number of nitrogens with one attached hydrogen (secondary N) is 2. The minimum atomic E-state index is -1.76.